The molecule has 0 saturated carbocycles. The molecule has 118 valence electrons. The number of nitrogens with one attached hydrogen (secondary N) is 1. The maximum absolute atomic E-state index is 5.43. The minimum atomic E-state index is 0.342. The number of nitrogens with zero attached hydrogens (tertiary/aromatic N) is 2. The first kappa shape index (κ1) is 16.4. The van der Waals surface area contributed by atoms with Crippen molar-refractivity contribution in [3.63, 3.8) is 0 Å². The third-order valence-corrected chi connectivity index (χ3v) is 4.08. The Morgan fingerprint density at radius 3 is 2.62 bits per heavy atom. The van der Waals surface area contributed by atoms with E-state index >= 15 is 0 Å². The summed E-state index contributed by atoms with van der Waals surface area (Å²) in [6.07, 6.45) is 3.00. The molecule has 2 rings (SSSR count). The quantitative estimate of drug-likeness (QED) is 0.837. The van der Waals surface area contributed by atoms with Crippen molar-refractivity contribution in [2.45, 2.75) is 39.3 Å². The molecule has 2 heterocycles. The summed E-state index contributed by atoms with van der Waals surface area (Å²) in [7, 11) is 0. The van der Waals surface area contributed by atoms with E-state index in [0.717, 1.165) is 45.0 Å². The fourth-order valence-corrected chi connectivity index (χ4v) is 2.82. The van der Waals surface area contributed by atoms with Gasteiger partial charge in [-0.3, -0.25) is 9.88 Å². The average Bonchev–Trinajstić information content (AvgIpc) is 2.52. The van der Waals surface area contributed by atoms with E-state index in [4.69, 9.17) is 4.74 Å². The lowest BCUT2D eigenvalue weighted by molar-refractivity contribution is 0.0197. The van der Waals surface area contributed by atoms with Crippen LogP contribution in [0.2, 0.25) is 0 Å². The molecular weight excluding hydrogens is 262 g/mol. The monoisotopic (exact) mass is 291 g/mol. The number of aromatic nitrogens is 1. The molecule has 21 heavy (non-hydrogen) atoms. The van der Waals surface area contributed by atoms with Crippen molar-refractivity contribution in [2.75, 3.05) is 32.8 Å². The Kier molecular flexibility index (Phi) is 6.61. The van der Waals surface area contributed by atoms with Crippen LogP contribution in [-0.2, 0) is 4.74 Å². The Hall–Kier alpha value is -0.970. The number of hydrogen-bond acceptors (Lipinski definition) is 4. The highest BCUT2D eigenvalue weighted by molar-refractivity contribution is 5.08. The van der Waals surface area contributed by atoms with E-state index in [2.05, 4.69) is 48.1 Å². The standard InChI is InChI=1S/C17H29N3O/c1-14(2)12-17(16-6-4-5-7-18-16)19-13-15(3)20-8-10-21-11-9-20/h4-7,14-15,17,19H,8-13H2,1-3H3/t15-,17+/m1/s1. The van der Waals surface area contributed by atoms with E-state index in [-0.39, 0.29) is 0 Å². The van der Waals surface area contributed by atoms with Crippen LogP contribution in [0.25, 0.3) is 0 Å². The molecule has 1 aromatic heterocycles. The van der Waals surface area contributed by atoms with Crippen LogP contribution in [0.15, 0.2) is 24.4 Å². The van der Waals surface area contributed by atoms with E-state index < -0.39 is 0 Å². The van der Waals surface area contributed by atoms with E-state index in [9.17, 15) is 0 Å². The van der Waals surface area contributed by atoms with Crippen LogP contribution in [0.5, 0.6) is 0 Å². The second-order valence-corrected chi connectivity index (χ2v) is 6.34. The highest BCUT2D eigenvalue weighted by atomic mass is 16.5. The largest absolute Gasteiger partial charge is 0.379 e. The lowest BCUT2D eigenvalue weighted by Crippen LogP contribution is -2.47. The van der Waals surface area contributed by atoms with Gasteiger partial charge >= 0.3 is 0 Å². The molecular formula is C17H29N3O. The molecule has 0 unspecified atom stereocenters. The van der Waals surface area contributed by atoms with Gasteiger partial charge in [-0.05, 0) is 31.4 Å². The third kappa shape index (κ3) is 5.38. The molecule has 0 bridgehead atoms. The summed E-state index contributed by atoms with van der Waals surface area (Å²) in [5.74, 6) is 0.656. The lowest BCUT2D eigenvalue weighted by Gasteiger charge is -2.33. The van der Waals surface area contributed by atoms with Crippen molar-refractivity contribution in [1.29, 1.82) is 0 Å². The number of pyridine rings is 1. The van der Waals surface area contributed by atoms with Gasteiger partial charge < -0.3 is 10.1 Å². The maximum Gasteiger partial charge on any atom is 0.0594 e. The summed E-state index contributed by atoms with van der Waals surface area (Å²) in [5.41, 5.74) is 1.15. The fraction of sp³-hybridized carbons (Fsp3) is 0.706. The first-order valence-corrected chi connectivity index (χ1v) is 8.13. The zero-order valence-electron chi connectivity index (χ0n) is 13.6. The molecule has 1 aromatic rings. The van der Waals surface area contributed by atoms with Gasteiger partial charge in [-0.25, -0.2) is 0 Å². The van der Waals surface area contributed by atoms with Gasteiger partial charge in [0.1, 0.15) is 0 Å². The SMILES string of the molecule is CC(C)C[C@H](NC[C@@H](C)N1CCOCC1)c1ccccn1. The summed E-state index contributed by atoms with van der Waals surface area (Å²) in [4.78, 5) is 7.03. The zero-order valence-corrected chi connectivity index (χ0v) is 13.6. The van der Waals surface area contributed by atoms with Gasteiger partial charge in [0.15, 0.2) is 0 Å². The van der Waals surface area contributed by atoms with Crippen molar-refractivity contribution < 1.29 is 4.74 Å². The molecule has 4 heteroatoms. The summed E-state index contributed by atoms with van der Waals surface area (Å²) in [5, 5.41) is 3.72. The second-order valence-electron chi connectivity index (χ2n) is 6.34. The molecule has 1 aliphatic heterocycles. The number of ether oxygens (including phenoxy) is 1. The highest BCUT2D eigenvalue weighted by Crippen LogP contribution is 2.19. The topological polar surface area (TPSA) is 37.4 Å². The molecule has 0 aromatic carbocycles. The molecule has 2 atom stereocenters. The van der Waals surface area contributed by atoms with Crippen LogP contribution in [0.4, 0.5) is 0 Å². The summed E-state index contributed by atoms with van der Waals surface area (Å²) >= 11 is 0. The van der Waals surface area contributed by atoms with Crippen molar-refractivity contribution >= 4 is 0 Å². The average molecular weight is 291 g/mol. The maximum atomic E-state index is 5.43. The second kappa shape index (κ2) is 8.47. The Bertz CT molecular complexity index is 390. The van der Waals surface area contributed by atoms with Gasteiger partial charge in [0.25, 0.3) is 0 Å². The van der Waals surface area contributed by atoms with Crippen LogP contribution in [0, 0.1) is 5.92 Å². The van der Waals surface area contributed by atoms with Crippen LogP contribution >= 0.6 is 0 Å². The predicted octanol–water partition coefficient (Wildman–Crippen LogP) is 2.48. The Morgan fingerprint density at radius 1 is 1.24 bits per heavy atom. The first-order valence-electron chi connectivity index (χ1n) is 8.13. The Morgan fingerprint density at radius 2 is 2.00 bits per heavy atom. The lowest BCUT2D eigenvalue weighted by atomic mass is 10.0. The smallest absolute Gasteiger partial charge is 0.0594 e. The first-order chi connectivity index (χ1) is 10.2. The fourth-order valence-electron chi connectivity index (χ4n) is 2.82. The van der Waals surface area contributed by atoms with Gasteiger partial charge in [-0.15, -0.1) is 0 Å². The van der Waals surface area contributed by atoms with Gasteiger partial charge in [0, 0.05) is 37.9 Å². The van der Waals surface area contributed by atoms with Gasteiger partial charge in [0.05, 0.1) is 18.9 Å². The molecule has 0 spiro atoms. The van der Waals surface area contributed by atoms with E-state index in [1.807, 2.05) is 12.3 Å². The van der Waals surface area contributed by atoms with E-state index in [0.29, 0.717) is 18.0 Å². The Labute approximate surface area is 128 Å². The molecule has 1 aliphatic rings. The summed E-state index contributed by atoms with van der Waals surface area (Å²) < 4.78 is 5.43. The number of morpholine rings is 1. The van der Waals surface area contributed by atoms with Crippen LogP contribution in [0.1, 0.15) is 38.9 Å². The summed E-state index contributed by atoms with van der Waals surface area (Å²) in [6.45, 7) is 11.6. The molecule has 0 amide bonds. The minimum Gasteiger partial charge on any atom is -0.379 e. The number of hydrogen-bond donors (Lipinski definition) is 1. The molecule has 1 fully saturated rings. The predicted molar refractivity (Wildman–Crippen MR) is 86.3 cm³/mol. The molecule has 0 radical (unpaired) electrons. The summed E-state index contributed by atoms with van der Waals surface area (Å²) in [6, 6.07) is 7.05. The van der Waals surface area contributed by atoms with Gasteiger partial charge in [-0.1, -0.05) is 19.9 Å². The highest BCUT2D eigenvalue weighted by Gasteiger charge is 2.19. The molecule has 0 aliphatic carbocycles. The van der Waals surface area contributed by atoms with Gasteiger partial charge in [0.2, 0.25) is 0 Å². The van der Waals surface area contributed by atoms with E-state index in [1.165, 1.54) is 0 Å². The van der Waals surface area contributed by atoms with Crippen LogP contribution in [0.3, 0.4) is 0 Å². The van der Waals surface area contributed by atoms with Gasteiger partial charge in [-0.2, -0.15) is 0 Å². The normalized spacial score (nSPS) is 19.6. The zero-order chi connectivity index (χ0) is 15.1. The van der Waals surface area contributed by atoms with Crippen molar-refractivity contribution in [3.8, 4) is 0 Å². The third-order valence-electron chi connectivity index (χ3n) is 4.08. The van der Waals surface area contributed by atoms with Crippen molar-refractivity contribution in [3.05, 3.63) is 30.1 Å². The van der Waals surface area contributed by atoms with Crippen molar-refractivity contribution in [1.82, 2.24) is 15.2 Å². The molecule has 4 nitrogen and oxygen atoms in total. The molecule has 1 saturated heterocycles. The minimum absolute atomic E-state index is 0.342. The number of rotatable bonds is 7. The van der Waals surface area contributed by atoms with Crippen LogP contribution < -0.4 is 5.32 Å². The molecule has 1 N–H and O–H groups in total. The van der Waals surface area contributed by atoms with Crippen molar-refractivity contribution in [2.24, 2.45) is 5.92 Å². The van der Waals surface area contributed by atoms with E-state index in [1.54, 1.807) is 0 Å². The Balaban J connectivity index is 1.89. The van der Waals surface area contributed by atoms with Crippen LogP contribution in [-0.4, -0.2) is 48.8 Å².